The summed E-state index contributed by atoms with van der Waals surface area (Å²) in [5.41, 5.74) is 0.163. The molecule has 0 radical (unpaired) electrons. The Hall–Kier alpha value is -1.92. The molecule has 2 rings (SSSR count). The molecule has 1 saturated heterocycles. The van der Waals surface area contributed by atoms with Gasteiger partial charge in [-0.1, -0.05) is 12.1 Å². The molecule has 0 aromatic heterocycles. The van der Waals surface area contributed by atoms with Gasteiger partial charge in [-0.25, -0.2) is 4.79 Å². The predicted octanol–water partition coefficient (Wildman–Crippen LogP) is 1.88. The van der Waals surface area contributed by atoms with Crippen LogP contribution < -0.4 is 4.74 Å². The van der Waals surface area contributed by atoms with E-state index < -0.39 is 24.0 Å². The Bertz CT molecular complexity index is 522. The average Bonchev–Trinajstić information content (AvgIpc) is 2.68. The molecule has 1 fully saturated rings. The topological polar surface area (TPSA) is 71.1 Å². The van der Waals surface area contributed by atoms with Crippen molar-refractivity contribution in [3.63, 3.8) is 0 Å². The summed E-state index contributed by atoms with van der Waals surface area (Å²) < 4.78 is 20.8. The second kappa shape index (κ2) is 5.60. The second-order valence-electron chi connectivity index (χ2n) is 4.75. The van der Waals surface area contributed by atoms with Crippen molar-refractivity contribution in [2.24, 2.45) is 0 Å². The minimum absolute atomic E-state index is 0.156. The molecule has 1 unspecified atom stereocenters. The summed E-state index contributed by atoms with van der Waals surface area (Å²) in [7, 11) is 0. The molecule has 20 heavy (non-hydrogen) atoms. The van der Waals surface area contributed by atoms with Crippen molar-refractivity contribution in [3.8, 4) is 5.75 Å². The Kier molecular flexibility index (Phi) is 4.06. The summed E-state index contributed by atoms with van der Waals surface area (Å²) in [4.78, 5) is 23.1. The number of rotatable bonds is 3. The maximum Gasteiger partial charge on any atom is 0.344 e. The molecule has 1 aliphatic rings. The monoisotopic (exact) mass is 280 g/mol. The number of para-hydroxylation sites is 1. The van der Waals surface area contributed by atoms with Gasteiger partial charge in [0.05, 0.1) is 0 Å². The summed E-state index contributed by atoms with van der Waals surface area (Å²) in [6.45, 7) is 4.88. The molecule has 0 spiro atoms. The van der Waals surface area contributed by atoms with E-state index >= 15 is 0 Å². The summed E-state index contributed by atoms with van der Waals surface area (Å²) in [5, 5.41) is 0. The number of carbonyl (C=O) groups is 2. The average molecular weight is 280 g/mol. The highest BCUT2D eigenvalue weighted by Crippen LogP contribution is 2.25. The Morgan fingerprint density at radius 3 is 2.60 bits per heavy atom. The number of hydrogen-bond donors (Lipinski definition) is 0. The number of ether oxygens (including phenoxy) is 4. The van der Waals surface area contributed by atoms with E-state index in [1.807, 2.05) is 0 Å². The maximum absolute atomic E-state index is 12.1. The van der Waals surface area contributed by atoms with Crippen molar-refractivity contribution in [2.75, 3.05) is 6.61 Å². The minimum atomic E-state index is -0.777. The van der Waals surface area contributed by atoms with E-state index in [2.05, 4.69) is 0 Å². The molecule has 1 atom stereocenters. The number of hydrogen-bond acceptors (Lipinski definition) is 6. The van der Waals surface area contributed by atoms with E-state index in [-0.39, 0.29) is 17.9 Å². The van der Waals surface area contributed by atoms with Crippen molar-refractivity contribution in [3.05, 3.63) is 29.8 Å². The van der Waals surface area contributed by atoms with Gasteiger partial charge in [0.1, 0.15) is 17.9 Å². The standard InChI is InChI=1S/C14H16O6/c1-9(15)18-11-7-5-4-6-10(11)13(16)19-12-8-17-14(2,3)20-12/h4-7,12H,8H2,1-3H3. The molecule has 6 heteroatoms. The van der Waals surface area contributed by atoms with Crippen LogP contribution in [-0.4, -0.2) is 30.6 Å². The Labute approximate surface area is 116 Å². The lowest BCUT2D eigenvalue weighted by molar-refractivity contribution is -0.175. The largest absolute Gasteiger partial charge is 0.429 e. The number of carbonyl (C=O) groups excluding carboxylic acids is 2. The highest BCUT2D eigenvalue weighted by atomic mass is 16.8. The lowest BCUT2D eigenvalue weighted by atomic mass is 10.2. The normalized spacial score (nSPS) is 20.4. The van der Waals surface area contributed by atoms with Crippen molar-refractivity contribution in [1.29, 1.82) is 0 Å². The molecule has 1 aromatic carbocycles. The third-order valence-electron chi connectivity index (χ3n) is 2.58. The Morgan fingerprint density at radius 2 is 2.00 bits per heavy atom. The highest BCUT2D eigenvalue weighted by molar-refractivity contribution is 5.93. The number of esters is 2. The first-order chi connectivity index (χ1) is 9.37. The number of benzene rings is 1. The van der Waals surface area contributed by atoms with Gasteiger partial charge in [0.15, 0.2) is 5.79 Å². The van der Waals surface area contributed by atoms with Crippen LogP contribution in [0.5, 0.6) is 5.75 Å². The third kappa shape index (κ3) is 3.55. The molecule has 108 valence electrons. The van der Waals surface area contributed by atoms with Gasteiger partial charge in [0, 0.05) is 6.92 Å². The van der Waals surface area contributed by atoms with Crippen LogP contribution in [0.2, 0.25) is 0 Å². The van der Waals surface area contributed by atoms with Crippen LogP contribution in [0.4, 0.5) is 0 Å². The summed E-state index contributed by atoms with van der Waals surface area (Å²) in [6.07, 6.45) is -0.775. The van der Waals surface area contributed by atoms with Gasteiger partial charge in [-0.2, -0.15) is 0 Å². The quantitative estimate of drug-likeness (QED) is 0.622. The zero-order chi connectivity index (χ0) is 14.8. The Morgan fingerprint density at radius 1 is 1.30 bits per heavy atom. The third-order valence-corrected chi connectivity index (χ3v) is 2.58. The van der Waals surface area contributed by atoms with Gasteiger partial charge in [-0.3, -0.25) is 4.79 Å². The summed E-state index contributed by atoms with van der Waals surface area (Å²) >= 11 is 0. The van der Waals surface area contributed by atoms with Crippen LogP contribution in [0, 0.1) is 0 Å². The lowest BCUT2D eigenvalue weighted by Gasteiger charge is -2.17. The molecular weight excluding hydrogens is 264 g/mol. The molecule has 0 amide bonds. The van der Waals surface area contributed by atoms with Gasteiger partial charge in [-0.05, 0) is 26.0 Å². The van der Waals surface area contributed by atoms with Crippen molar-refractivity contribution in [2.45, 2.75) is 32.8 Å². The van der Waals surface area contributed by atoms with Gasteiger partial charge in [-0.15, -0.1) is 0 Å². The van der Waals surface area contributed by atoms with Crippen LogP contribution in [0.3, 0.4) is 0 Å². The van der Waals surface area contributed by atoms with E-state index in [0.717, 1.165) is 0 Å². The zero-order valence-corrected chi connectivity index (χ0v) is 11.5. The maximum atomic E-state index is 12.1. The van der Waals surface area contributed by atoms with Crippen molar-refractivity contribution in [1.82, 2.24) is 0 Å². The fraction of sp³-hybridized carbons (Fsp3) is 0.429. The Balaban J connectivity index is 2.08. The molecule has 6 nitrogen and oxygen atoms in total. The molecule has 0 aliphatic carbocycles. The van der Waals surface area contributed by atoms with Crippen LogP contribution in [0.1, 0.15) is 31.1 Å². The van der Waals surface area contributed by atoms with Crippen LogP contribution in [0.25, 0.3) is 0 Å². The first-order valence-corrected chi connectivity index (χ1v) is 6.17. The SMILES string of the molecule is CC(=O)Oc1ccccc1C(=O)OC1COC(C)(C)O1. The summed E-state index contributed by atoms with van der Waals surface area (Å²) in [5.74, 6) is -1.76. The van der Waals surface area contributed by atoms with Crippen LogP contribution in [0.15, 0.2) is 24.3 Å². The first-order valence-electron chi connectivity index (χ1n) is 6.17. The molecule has 0 saturated carbocycles. The highest BCUT2D eigenvalue weighted by Gasteiger charge is 2.35. The van der Waals surface area contributed by atoms with Gasteiger partial charge >= 0.3 is 11.9 Å². The van der Waals surface area contributed by atoms with Crippen LogP contribution in [-0.2, 0) is 19.0 Å². The smallest absolute Gasteiger partial charge is 0.344 e. The fourth-order valence-corrected chi connectivity index (χ4v) is 1.77. The van der Waals surface area contributed by atoms with E-state index in [1.165, 1.54) is 19.1 Å². The summed E-state index contributed by atoms with van der Waals surface area (Å²) in [6, 6.07) is 6.35. The van der Waals surface area contributed by atoms with Gasteiger partial charge < -0.3 is 18.9 Å². The van der Waals surface area contributed by atoms with Crippen LogP contribution >= 0.6 is 0 Å². The van der Waals surface area contributed by atoms with E-state index in [0.29, 0.717) is 0 Å². The molecule has 1 aliphatic heterocycles. The van der Waals surface area contributed by atoms with E-state index in [4.69, 9.17) is 18.9 Å². The van der Waals surface area contributed by atoms with Gasteiger partial charge in [0.25, 0.3) is 0 Å². The second-order valence-corrected chi connectivity index (χ2v) is 4.75. The fourth-order valence-electron chi connectivity index (χ4n) is 1.77. The minimum Gasteiger partial charge on any atom is -0.429 e. The molecule has 1 aromatic rings. The first kappa shape index (κ1) is 14.5. The molecule has 0 N–H and O–H groups in total. The van der Waals surface area contributed by atoms with E-state index in [9.17, 15) is 9.59 Å². The zero-order valence-electron chi connectivity index (χ0n) is 11.5. The molecule has 0 bridgehead atoms. The molecule has 1 heterocycles. The predicted molar refractivity (Wildman–Crippen MR) is 68.1 cm³/mol. The van der Waals surface area contributed by atoms with Crippen molar-refractivity contribution >= 4 is 11.9 Å². The van der Waals surface area contributed by atoms with Gasteiger partial charge in [0.2, 0.25) is 6.29 Å². The van der Waals surface area contributed by atoms with Crippen molar-refractivity contribution < 1.29 is 28.5 Å². The lowest BCUT2D eigenvalue weighted by Crippen LogP contribution is -2.25. The van der Waals surface area contributed by atoms with E-state index in [1.54, 1.807) is 26.0 Å². The molecular formula is C14H16O6.